The molecule has 0 heterocycles. The van der Waals surface area contributed by atoms with E-state index in [2.05, 4.69) is 49.4 Å². The average molecular weight is 229 g/mol. The lowest BCUT2D eigenvalue weighted by Crippen LogP contribution is -2.21. The molecular weight excluding hydrogens is 206 g/mol. The lowest BCUT2D eigenvalue weighted by molar-refractivity contribution is 0.505. The molecular formula is C16H23N. The van der Waals surface area contributed by atoms with Gasteiger partial charge in [0, 0.05) is 12.5 Å². The summed E-state index contributed by atoms with van der Waals surface area (Å²) in [7, 11) is 0. The van der Waals surface area contributed by atoms with Crippen molar-refractivity contribution in [2.75, 3.05) is 6.54 Å². The third-order valence-electron chi connectivity index (χ3n) is 3.03. The van der Waals surface area contributed by atoms with Crippen LogP contribution in [0.2, 0.25) is 0 Å². The first kappa shape index (κ1) is 13.8. The minimum atomic E-state index is 0.474. The van der Waals surface area contributed by atoms with Crippen LogP contribution in [-0.4, -0.2) is 6.54 Å². The van der Waals surface area contributed by atoms with Crippen LogP contribution in [0, 0.1) is 19.3 Å². The normalized spacial score (nSPS) is 12.1. The summed E-state index contributed by atoms with van der Waals surface area (Å²) in [5.41, 5.74) is 2.70. The highest BCUT2D eigenvalue weighted by Gasteiger charge is 2.07. The van der Waals surface area contributed by atoms with Crippen molar-refractivity contribution in [3.8, 4) is 12.3 Å². The van der Waals surface area contributed by atoms with Crippen LogP contribution < -0.4 is 5.32 Å². The van der Waals surface area contributed by atoms with Crippen molar-refractivity contribution in [2.24, 2.45) is 0 Å². The van der Waals surface area contributed by atoms with E-state index in [4.69, 9.17) is 6.42 Å². The van der Waals surface area contributed by atoms with Crippen LogP contribution in [0.15, 0.2) is 24.3 Å². The third-order valence-corrected chi connectivity index (χ3v) is 3.03. The largest absolute Gasteiger partial charge is 0.310 e. The van der Waals surface area contributed by atoms with E-state index in [0.717, 1.165) is 32.2 Å². The number of rotatable bonds is 7. The van der Waals surface area contributed by atoms with E-state index in [-0.39, 0.29) is 0 Å². The molecule has 1 aromatic carbocycles. The fourth-order valence-electron chi connectivity index (χ4n) is 1.93. The molecule has 1 heteroatoms. The second kappa shape index (κ2) is 7.92. The van der Waals surface area contributed by atoms with Gasteiger partial charge in [0.15, 0.2) is 0 Å². The molecule has 0 saturated heterocycles. The second-order valence-corrected chi connectivity index (χ2v) is 4.49. The highest BCUT2D eigenvalue weighted by molar-refractivity contribution is 5.23. The van der Waals surface area contributed by atoms with E-state index in [1.54, 1.807) is 0 Å². The molecule has 1 unspecified atom stereocenters. The Morgan fingerprint density at radius 3 is 2.53 bits per heavy atom. The first-order valence-electron chi connectivity index (χ1n) is 6.51. The Bertz CT molecular complexity index is 345. The summed E-state index contributed by atoms with van der Waals surface area (Å²) in [4.78, 5) is 0. The number of unbranched alkanes of at least 4 members (excludes halogenated alkanes) is 2. The van der Waals surface area contributed by atoms with Gasteiger partial charge >= 0.3 is 0 Å². The zero-order valence-corrected chi connectivity index (χ0v) is 11.0. The number of aryl methyl sites for hydroxylation is 1. The van der Waals surface area contributed by atoms with Crippen LogP contribution in [0.3, 0.4) is 0 Å². The fraction of sp³-hybridized carbons (Fsp3) is 0.500. The van der Waals surface area contributed by atoms with E-state index in [1.165, 1.54) is 11.1 Å². The monoisotopic (exact) mass is 229 g/mol. The van der Waals surface area contributed by atoms with Gasteiger partial charge in [-0.1, -0.05) is 36.8 Å². The van der Waals surface area contributed by atoms with Gasteiger partial charge in [-0.3, -0.25) is 0 Å². The molecule has 0 saturated carbocycles. The van der Waals surface area contributed by atoms with Crippen LogP contribution in [0.1, 0.15) is 49.8 Å². The molecule has 17 heavy (non-hydrogen) atoms. The molecule has 0 radical (unpaired) electrons. The van der Waals surface area contributed by atoms with E-state index in [9.17, 15) is 0 Å². The molecule has 1 N–H and O–H groups in total. The maximum Gasteiger partial charge on any atom is 0.0317 e. The topological polar surface area (TPSA) is 12.0 Å². The maximum absolute atomic E-state index is 5.23. The Labute approximate surface area is 106 Å². The van der Waals surface area contributed by atoms with E-state index >= 15 is 0 Å². The highest BCUT2D eigenvalue weighted by atomic mass is 14.9. The van der Waals surface area contributed by atoms with E-state index in [0.29, 0.717) is 6.04 Å². The summed E-state index contributed by atoms with van der Waals surface area (Å²) in [5.74, 6) is 2.68. The van der Waals surface area contributed by atoms with Gasteiger partial charge in [0.05, 0.1) is 0 Å². The third kappa shape index (κ3) is 5.06. The van der Waals surface area contributed by atoms with Gasteiger partial charge in [-0.15, -0.1) is 12.3 Å². The average Bonchev–Trinajstić information content (AvgIpc) is 2.35. The first-order chi connectivity index (χ1) is 8.27. The molecule has 0 aliphatic carbocycles. The fourth-order valence-corrected chi connectivity index (χ4v) is 1.93. The minimum Gasteiger partial charge on any atom is -0.310 e. The summed E-state index contributed by atoms with van der Waals surface area (Å²) >= 11 is 0. The lowest BCUT2D eigenvalue weighted by Gasteiger charge is -2.17. The van der Waals surface area contributed by atoms with Crippen LogP contribution in [0.5, 0.6) is 0 Å². The van der Waals surface area contributed by atoms with Crippen LogP contribution in [-0.2, 0) is 0 Å². The van der Waals surface area contributed by atoms with Crippen molar-refractivity contribution >= 4 is 0 Å². The molecule has 1 rings (SSSR count). The van der Waals surface area contributed by atoms with Crippen molar-refractivity contribution < 1.29 is 0 Å². The molecule has 1 atom stereocenters. The van der Waals surface area contributed by atoms with Crippen LogP contribution in [0.25, 0.3) is 0 Å². The van der Waals surface area contributed by atoms with Gasteiger partial charge in [0.25, 0.3) is 0 Å². The molecule has 0 aliphatic heterocycles. The molecule has 1 aromatic rings. The smallest absolute Gasteiger partial charge is 0.0317 e. The Hall–Kier alpha value is -1.26. The molecule has 0 amide bonds. The molecule has 92 valence electrons. The quantitative estimate of drug-likeness (QED) is 0.553. The summed E-state index contributed by atoms with van der Waals surface area (Å²) in [6.07, 6.45) is 9.52. The number of hydrogen-bond acceptors (Lipinski definition) is 1. The van der Waals surface area contributed by atoms with E-state index in [1.807, 2.05) is 0 Å². The van der Waals surface area contributed by atoms with Gasteiger partial charge in [0.2, 0.25) is 0 Å². The van der Waals surface area contributed by atoms with Crippen molar-refractivity contribution in [1.29, 1.82) is 0 Å². The van der Waals surface area contributed by atoms with Gasteiger partial charge in [-0.05, 0) is 38.3 Å². The Balaban J connectivity index is 2.38. The maximum atomic E-state index is 5.23. The summed E-state index contributed by atoms with van der Waals surface area (Å²) in [6.45, 7) is 5.39. The minimum absolute atomic E-state index is 0.474. The Kier molecular flexibility index (Phi) is 6.43. The molecule has 0 aliphatic rings. The predicted molar refractivity (Wildman–Crippen MR) is 74.9 cm³/mol. The van der Waals surface area contributed by atoms with Crippen molar-refractivity contribution in [1.82, 2.24) is 5.32 Å². The summed E-state index contributed by atoms with van der Waals surface area (Å²) in [5, 5.41) is 3.60. The number of terminal acetylenes is 1. The van der Waals surface area contributed by atoms with Crippen molar-refractivity contribution in [3.05, 3.63) is 35.4 Å². The number of nitrogens with one attached hydrogen (secondary N) is 1. The second-order valence-electron chi connectivity index (χ2n) is 4.49. The number of benzene rings is 1. The van der Waals surface area contributed by atoms with Gasteiger partial charge in [-0.2, -0.15) is 0 Å². The highest BCUT2D eigenvalue weighted by Crippen LogP contribution is 2.17. The van der Waals surface area contributed by atoms with Crippen molar-refractivity contribution in [3.63, 3.8) is 0 Å². The molecule has 0 aromatic heterocycles. The number of hydrogen-bond donors (Lipinski definition) is 1. The zero-order valence-electron chi connectivity index (χ0n) is 11.0. The molecule has 1 nitrogen and oxygen atoms in total. The summed E-state index contributed by atoms with van der Waals surface area (Å²) < 4.78 is 0. The van der Waals surface area contributed by atoms with Crippen LogP contribution >= 0.6 is 0 Å². The predicted octanol–water partition coefficient (Wildman–Crippen LogP) is 3.84. The lowest BCUT2D eigenvalue weighted by atomic mass is 10.0. The molecule has 0 bridgehead atoms. The van der Waals surface area contributed by atoms with Gasteiger partial charge < -0.3 is 5.32 Å². The standard InChI is InChI=1S/C16H23N/c1-4-6-7-8-13-17-16(5-2)15-11-9-14(3)10-12-15/h1,9-12,16-17H,5-8,13H2,2-3H3. The van der Waals surface area contributed by atoms with Crippen LogP contribution in [0.4, 0.5) is 0 Å². The summed E-state index contributed by atoms with van der Waals surface area (Å²) in [6, 6.07) is 9.27. The Morgan fingerprint density at radius 1 is 1.24 bits per heavy atom. The van der Waals surface area contributed by atoms with Gasteiger partial charge in [0.1, 0.15) is 0 Å². The zero-order chi connectivity index (χ0) is 12.5. The van der Waals surface area contributed by atoms with Gasteiger partial charge in [-0.25, -0.2) is 0 Å². The Morgan fingerprint density at radius 2 is 1.94 bits per heavy atom. The van der Waals surface area contributed by atoms with Crippen molar-refractivity contribution in [2.45, 2.75) is 45.6 Å². The van der Waals surface area contributed by atoms with E-state index < -0.39 is 0 Å². The molecule has 0 fully saturated rings. The molecule has 0 spiro atoms. The first-order valence-corrected chi connectivity index (χ1v) is 6.51. The SMILES string of the molecule is C#CCCCCNC(CC)c1ccc(C)cc1.